The smallest absolute Gasteiger partial charge is 0.163 e. The first-order valence-corrected chi connectivity index (χ1v) is 9.45. The molecule has 130 valence electrons. The molecule has 1 rings (SSSR count). The Morgan fingerprint density at radius 3 is 2.32 bits per heavy atom. The molecule has 0 unspecified atom stereocenters. The van der Waals surface area contributed by atoms with Crippen molar-refractivity contribution < 1.29 is 9.47 Å². The van der Waals surface area contributed by atoms with E-state index in [1.54, 1.807) is 0 Å². The Balaban J connectivity index is 2.51. The lowest BCUT2D eigenvalue weighted by Gasteiger charge is -2.41. The zero-order valence-electron chi connectivity index (χ0n) is 15.6. The van der Waals surface area contributed by atoms with Crippen molar-refractivity contribution in [3.8, 4) is 0 Å². The van der Waals surface area contributed by atoms with E-state index in [2.05, 4.69) is 46.8 Å². The zero-order valence-corrected chi connectivity index (χ0v) is 15.6. The Labute approximate surface area is 138 Å². The summed E-state index contributed by atoms with van der Waals surface area (Å²) in [7, 11) is 0. The molecular formula is C20H38O2. The number of ether oxygens (including phenoxy) is 2. The maximum Gasteiger partial charge on any atom is 0.163 e. The first kappa shape index (κ1) is 19.7. The maximum atomic E-state index is 6.23. The first-order valence-electron chi connectivity index (χ1n) is 9.45. The molecule has 0 aromatic carbocycles. The molecule has 1 aliphatic heterocycles. The van der Waals surface area contributed by atoms with Crippen LogP contribution in [-0.2, 0) is 9.47 Å². The summed E-state index contributed by atoms with van der Waals surface area (Å²) in [6, 6.07) is 0. The molecule has 0 radical (unpaired) electrons. The summed E-state index contributed by atoms with van der Waals surface area (Å²) < 4.78 is 12.4. The van der Waals surface area contributed by atoms with Gasteiger partial charge in [0.1, 0.15) is 0 Å². The number of allylic oxidation sites excluding steroid dienone is 1. The van der Waals surface area contributed by atoms with Gasteiger partial charge in [0, 0.05) is 11.8 Å². The molecule has 3 atom stereocenters. The fraction of sp³-hybridized carbons (Fsp3) is 0.900. The molecule has 1 heterocycles. The molecular weight excluding hydrogens is 272 g/mol. The van der Waals surface area contributed by atoms with E-state index in [-0.39, 0.29) is 17.8 Å². The van der Waals surface area contributed by atoms with Gasteiger partial charge in [-0.3, -0.25) is 0 Å². The minimum atomic E-state index is -0.0850. The van der Waals surface area contributed by atoms with E-state index in [1.165, 1.54) is 51.4 Å². The van der Waals surface area contributed by atoms with Crippen LogP contribution < -0.4 is 0 Å². The van der Waals surface area contributed by atoms with Crippen molar-refractivity contribution in [2.45, 2.75) is 111 Å². The molecule has 0 aromatic rings. The van der Waals surface area contributed by atoms with Crippen molar-refractivity contribution in [3.05, 3.63) is 12.2 Å². The summed E-state index contributed by atoms with van der Waals surface area (Å²) in [6.07, 6.45) is 16.2. The molecule has 0 saturated carbocycles. The summed E-state index contributed by atoms with van der Waals surface area (Å²) in [5, 5.41) is 0. The zero-order chi connectivity index (χ0) is 16.4. The van der Waals surface area contributed by atoms with Gasteiger partial charge in [-0.25, -0.2) is 0 Å². The van der Waals surface area contributed by atoms with Gasteiger partial charge in [0.15, 0.2) is 6.29 Å². The average Bonchev–Trinajstić information content (AvgIpc) is 2.47. The van der Waals surface area contributed by atoms with E-state index >= 15 is 0 Å². The predicted octanol–water partition coefficient (Wildman–Crippen LogP) is 6.25. The van der Waals surface area contributed by atoms with Gasteiger partial charge in [0.25, 0.3) is 0 Å². The van der Waals surface area contributed by atoms with Crippen LogP contribution in [-0.4, -0.2) is 18.5 Å². The topological polar surface area (TPSA) is 18.5 Å². The number of rotatable bonds is 9. The number of unbranched alkanes of at least 4 members (excludes halogenated alkanes) is 5. The summed E-state index contributed by atoms with van der Waals surface area (Å²) >= 11 is 0. The highest BCUT2D eigenvalue weighted by atomic mass is 16.7. The minimum absolute atomic E-state index is 0.0393. The molecule has 1 aliphatic rings. The monoisotopic (exact) mass is 310 g/mol. The normalized spacial score (nSPS) is 26.7. The summed E-state index contributed by atoms with van der Waals surface area (Å²) in [4.78, 5) is 0. The van der Waals surface area contributed by atoms with Crippen LogP contribution >= 0.6 is 0 Å². The van der Waals surface area contributed by atoms with Gasteiger partial charge < -0.3 is 9.47 Å². The van der Waals surface area contributed by atoms with Crippen LogP contribution in [0.25, 0.3) is 0 Å². The molecule has 22 heavy (non-hydrogen) atoms. The standard InChI is InChI=1S/C20H38O2/c1-6-8-10-12-14-17-16-18(15-13-11-9-7-2)22-19(21-17)20(3,4)5/h12,14,17-19H,6-11,13,15-16H2,1-5H3/b14-12+/t17-,18-,19+/m0/s1. The number of hydrogen-bond donors (Lipinski definition) is 0. The predicted molar refractivity (Wildman–Crippen MR) is 95.0 cm³/mol. The van der Waals surface area contributed by atoms with Crippen molar-refractivity contribution in [1.82, 2.24) is 0 Å². The minimum Gasteiger partial charge on any atom is -0.349 e. The second-order valence-electron chi connectivity index (χ2n) is 7.79. The molecule has 2 heteroatoms. The highest BCUT2D eigenvalue weighted by Gasteiger charge is 2.35. The van der Waals surface area contributed by atoms with E-state index in [0.717, 1.165) is 6.42 Å². The fourth-order valence-corrected chi connectivity index (χ4v) is 2.82. The lowest BCUT2D eigenvalue weighted by molar-refractivity contribution is -0.270. The van der Waals surface area contributed by atoms with Gasteiger partial charge in [-0.2, -0.15) is 0 Å². The molecule has 0 aromatic heterocycles. The van der Waals surface area contributed by atoms with E-state index in [1.807, 2.05) is 0 Å². The molecule has 0 bridgehead atoms. The Morgan fingerprint density at radius 1 is 0.955 bits per heavy atom. The maximum absolute atomic E-state index is 6.23. The van der Waals surface area contributed by atoms with Gasteiger partial charge in [0.05, 0.1) is 12.2 Å². The quantitative estimate of drug-likeness (QED) is 0.370. The van der Waals surface area contributed by atoms with Crippen molar-refractivity contribution in [1.29, 1.82) is 0 Å². The molecule has 0 aliphatic carbocycles. The third kappa shape index (κ3) is 7.78. The molecule has 1 saturated heterocycles. The van der Waals surface area contributed by atoms with Crippen LogP contribution in [0.2, 0.25) is 0 Å². The van der Waals surface area contributed by atoms with Gasteiger partial charge in [-0.15, -0.1) is 0 Å². The second-order valence-corrected chi connectivity index (χ2v) is 7.79. The van der Waals surface area contributed by atoms with Crippen LogP contribution in [0.3, 0.4) is 0 Å². The van der Waals surface area contributed by atoms with Crippen LogP contribution in [0.1, 0.15) is 92.4 Å². The molecule has 2 nitrogen and oxygen atoms in total. The number of hydrogen-bond acceptors (Lipinski definition) is 2. The van der Waals surface area contributed by atoms with E-state index in [0.29, 0.717) is 6.10 Å². The van der Waals surface area contributed by atoms with Crippen molar-refractivity contribution in [2.24, 2.45) is 5.41 Å². The van der Waals surface area contributed by atoms with Crippen molar-refractivity contribution in [2.75, 3.05) is 0 Å². The highest BCUT2D eigenvalue weighted by molar-refractivity contribution is 4.93. The van der Waals surface area contributed by atoms with E-state index in [4.69, 9.17) is 9.47 Å². The van der Waals surface area contributed by atoms with Gasteiger partial charge >= 0.3 is 0 Å². The lowest BCUT2D eigenvalue weighted by Crippen LogP contribution is -2.44. The molecule has 0 spiro atoms. The Bertz CT molecular complexity index is 303. The first-order chi connectivity index (χ1) is 10.5. The van der Waals surface area contributed by atoms with Gasteiger partial charge in [0.2, 0.25) is 0 Å². The Kier molecular flexibility index (Phi) is 9.35. The summed E-state index contributed by atoms with van der Waals surface area (Å²) in [5.74, 6) is 0. The Hall–Kier alpha value is -0.340. The fourth-order valence-electron chi connectivity index (χ4n) is 2.82. The highest BCUT2D eigenvalue weighted by Crippen LogP contribution is 2.33. The SMILES string of the molecule is CCCC/C=C/[C@H]1C[C@H](CCCCCC)O[C@H](C(C)(C)C)O1. The van der Waals surface area contributed by atoms with Crippen LogP contribution in [0.4, 0.5) is 0 Å². The average molecular weight is 311 g/mol. The van der Waals surface area contributed by atoms with E-state index in [9.17, 15) is 0 Å². The second kappa shape index (κ2) is 10.4. The molecule has 1 fully saturated rings. The van der Waals surface area contributed by atoms with Crippen LogP contribution in [0.5, 0.6) is 0 Å². The molecule has 0 amide bonds. The third-order valence-electron chi connectivity index (χ3n) is 4.27. The van der Waals surface area contributed by atoms with Crippen LogP contribution in [0, 0.1) is 5.41 Å². The van der Waals surface area contributed by atoms with Crippen molar-refractivity contribution >= 4 is 0 Å². The van der Waals surface area contributed by atoms with Gasteiger partial charge in [-0.1, -0.05) is 85.3 Å². The lowest BCUT2D eigenvalue weighted by atomic mass is 9.93. The summed E-state index contributed by atoms with van der Waals surface area (Å²) in [5.41, 5.74) is 0.0393. The largest absolute Gasteiger partial charge is 0.349 e. The van der Waals surface area contributed by atoms with Crippen molar-refractivity contribution in [3.63, 3.8) is 0 Å². The summed E-state index contributed by atoms with van der Waals surface area (Å²) in [6.45, 7) is 11.1. The third-order valence-corrected chi connectivity index (χ3v) is 4.27. The van der Waals surface area contributed by atoms with E-state index < -0.39 is 0 Å². The Morgan fingerprint density at radius 2 is 1.68 bits per heavy atom. The van der Waals surface area contributed by atoms with Gasteiger partial charge in [-0.05, 0) is 12.8 Å². The molecule has 0 N–H and O–H groups in total. The van der Waals surface area contributed by atoms with Crippen LogP contribution in [0.15, 0.2) is 12.2 Å².